The molecule has 0 bridgehead atoms. The maximum atomic E-state index is 12.7. The monoisotopic (exact) mass is 347 g/mol. The Morgan fingerprint density at radius 1 is 1.08 bits per heavy atom. The zero-order valence-electron chi connectivity index (χ0n) is 15.8. The first-order valence-corrected chi connectivity index (χ1v) is 8.87. The van der Waals surface area contributed by atoms with Crippen LogP contribution in [0.15, 0.2) is 54.7 Å². The fourth-order valence-corrected chi connectivity index (χ4v) is 2.95. The van der Waals surface area contributed by atoms with Gasteiger partial charge in [0.25, 0.3) is 5.91 Å². The molecule has 0 radical (unpaired) electrons. The number of benzene rings is 2. The van der Waals surface area contributed by atoms with E-state index in [9.17, 15) is 4.79 Å². The van der Waals surface area contributed by atoms with Crippen LogP contribution in [0.2, 0.25) is 0 Å². The van der Waals surface area contributed by atoms with Crippen molar-refractivity contribution in [3.05, 3.63) is 65.9 Å². The molecular formula is C22H25N3O. The Morgan fingerprint density at radius 2 is 1.73 bits per heavy atom. The lowest BCUT2D eigenvalue weighted by atomic mass is 9.98. The standard InChI is InChI=1S/C22H25N3O/c1-15-9-5-6-10-17(15)21-19-12-8-7-11-18(19)20(14-23-21)22(26)24-13-16(2)25(3)4/h5-12,14,16H,13H2,1-4H3,(H,24,26). The lowest BCUT2D eigenvalue weighted by Crippen LogP contribution is -2.38. The Hall–Kier alpha value is -2.72. The van der Waals surface area contributed by atoms with Gasteiger partial charge >= 0.3 is 0 Å². The minimum absolute atomic E-state index is 0.0845. The molecule has 134 valence electrons. The predicted octanol–water partition coefficient (Wildman–Crippen LogP) is 3.89. The van der Waals surface area contributed by atoms with Gasteiger partial charge in [-0.15, -0.1) is 0 Å². The zero-order valence-corrected chi connectivity index (χ0v) is 15.8. The summed E-state index contributed by atoms with van der Waals surface area (Å²) in [6.45, 7) is 4.76. The van der Waals surface area contributed by atoms with Crippen LogP contribution < -0.4 is 5.32 Å². The summed E-state index contributed by atoms with van der Waals surface area (Å²) >= 11 is 0. The van der Waals surface area contributed by atoms with Crippen molar-refractivity contribution in [2.45, 2.75) is 19.9 Å². The van der Waals surface area contributed by atoms with E-state index in [4.69, 9.17) is 0 Å². The van der Waals surface area contributed by atoms with Crippen LogP contribution in [0.3, 0.4) is 0 Å². The molecule has 0 saturated heterocycles. The van der Waals surface area contributed by atoms with Crippen molar-refractivity contribution in [1.82, 2.24) is 15.2 Å². The molecule has 4 nitrogen and oxygen atoms in total. The van der Waals surface area contributed by atoms with E-state index in [-0.39, 0.29) is 11.9 Å². The van der Waals surface area contributed by atoms with Gasteiger partial charge in [0.05, 0.1) is 11.3 Å². The Labute approximate surface area is 154 Å². The quantitative estimate of drug-likeness (QED) is 0.761. The molecule has 1 heterocycles. The summed E-state index contributed by atoms with van der Waals surface area (Å²) in [6.07, 6.45) is 1.69. The fraction of sp³-hybridized carbons (Fsp3) is 0.273. The molecule has 0 aliphatic rings. The number of carbonyl (C=O) groups excluding carboxylic acids is 1. The summed E-state index contributed by atoms with van der Waals surface area (Å²) in [5.41, 5.74) is 3.79. The number of likely N-dealkylation sites (N-methyl/N-ethyl adjacent to an activating group) is 1. The van der Waals surface area contributed by atoms with Crippen LogP contribution in [0.25, 0.3) is 22.0 Å². The van der Waals surface area contributed by atoms with Crippen molar-refractivity contribution >= 4 is 16.7 Å². The number of aromatic nitrogens is 1. The summed E-state index contributed by atoms with van der Waals surface area (Å²) in [6, 6.07) is 16.4. The highest BCUT2D eigenvalue weighted by molar-refractivity contribution is 6.09. The molecule has 3 aromatic rings. The Morgan fingerprint density at radius 3 is 2.42 bits per heavy atom. The third-order valence-electron chi connectivity index (χ3n) is 4.88. The SMILES string of the molecule is Cc1ccccc1-c1ncc(C(=O)NCC(C)N(C)C)c2ccccc12. The fourth-order valence-electron chi connectivity index (χ4n) is 2.95. The normalized spacial score (nSPS) is 12.3. The molecule has 26 heavy (non-hydrogen) atoms. The van der Waals surface area contributed by atoms with Crippen molar-refractivity contribution < 1.29 is 4.79 Å². The topological polar surface area (TPSA) is 45.2 Å². The van der Waals surface area contributed by atoms with Gasteiger partial charge in [-0.1, -0.05) is 48.5 Å². The van der Waals surface area contributed by atoms with Crippen LogP contribution in [0.5, 0.6) is 0 Å². The van der Waals surface area contributed by atoms with Crippen molar-refractivity contribution in [3.63, 3.8) is 0 Å². The van der Waals surface area contributed by atoms with Gasteiger partial charge in [-0.25, -0.2) is 0 Å². The van der Waals surface area contributed by atoms with Gasteiger partial charge in [0.15, 0.2) is 0 Å². The van der Waals surface area contributed by atoms with Crippen molar-refractivity contribution in [2.75, 3.05) is 20.6 Å². The molecule has 3 rings (SSSR count). The second-order valence-corrected chi connectivity index (χ2v) is 6.90. The lowest BCUT2D eigenvalue weighted by molar-refractivity contribution is 0.0945. The Balaban J connectivity index is 2.01. The smallest absolute Gasteiger partial charge is 0.253 e. The molecule has 1 atom stereocenters. The number of hydrogen-bond acceptors (Lipinski definition) is 3. The number of nitrogens with zero attached hydrogens (tertiary/aromatic N) is 2. The highest BCUT2D eigenvalue weighted by Gasteiger charge is 2.16. The highest BCUT2D eigenvalue weighted by atomic mass is 16.1. The number of hydrogen-bond donors (Lipinski definition) is 1. The minimum Gasteiger partial charge on any atom is -0.350 e. The van der Waals surface area contributed by atoms with Gasteiger partial charge in [-0.3, -0.25) is 9.78 Å². The zero-order chi connectivity index (χ0) is 18.7. The van der Waals surface area contributed by atoms with Gasteiger partial charge < -0.3 is 10.2 Å². The molecule has 0 saturated carbocycles. The van der Waals surface area contributed by atoms with Gasteiger partial charge in [0.2, 0.25) is 0 Å². The second kappa shape index (κ2) is 7.67. The van der Waals surface area contributed by atoms with E-state index >= 15 is 0 Å². The average Bonchev–Trinajstić information content (AvgIpc) is 2.65. The molecule has 0 aliphatic carbocycles. The third kappa shape index (κ3) is 3.60. The van der Waals surface area contributed by atoms with E-state index in [1.807, 2.05) is 50.5 Å². The van der Waals surface area contributed by atoms with Gasteiger partial charge in [0, 0.05) is 29.7 Å². The first-order valence-electron chi connectivity index (χ1n) is 8.87. The highest BCUT2D eigenvalue weighted by Crippen LogP contribution is 2.30. The molecule has 1 unspecified atom stereocenters. The third-order valence-corrected chi connectivity index (χ3v) is 4.88. The van der Waals surface area contributed by atoms with E-state index in [1.165, 1.54) is 5.56 Å². The number of nitrogens with one attached hydrogen (secondary N) is 1. The van der Waals surface area contributed by atoms with E-state index in [1.54, 1.807) is 6.20 Å². The maximum Gasteiger partial charge on any atom is 0.253 e. The van der Waals surface area contributed by atoms with E-state index < -0.39 is 0 Å². The van der Waals surface area contributed by atoms with Crippen LogP contribution in [0.1, 0.15) is 22.8 Å². The molecular weight excluding hydrogens is 322 g/mol. The number of pyridine rings is 1. The van der Waals surface area contributed by atoms with Crippen molar-refractivity contribution in [2.24, 2.45) is 0 Å². The van der Waals surface area contributed by atoms with Crippen LogP contribution in [-0.4, -0.2) is 42.5 Å². The number of carbonyl (C=O) groups is 1. The molecule has 2 aromatic carbocycles. The first-order chi connectivity index (χ1) is 12.5. The van der Waals surface area contributed by atoms with Crippen molar-refractivity contribution in [1.29, 1.82) is 0 Å². The summed E-state index contributed by atoms with van der Waals surface area (Å²) in [4.78, 5) is 19.5. The maximum absolute atomic E-state index is 12.7. The number of amides is 1. The van der Waals surface area contributed by atoms with E-state index in [2.05, 4.69) is 41.2 Å². The number of aryl methyl sites for hydroxylation is 1. The average molecular weight is 347 g/mol. The molecule has 0 aliphatic heterocycles. The summed E-state index contributed by atoms with van der Waals surface area (Å²) in [7, 11) is 4.01. The molecule has 0 spiro atoms. The number of fused-ring (bicyclic) bond motifs is 1. The lowest BCUT2D eigenvalue weighted by Gasteiger charge is -2.20. The van der Waals surface area contributed by atoms with Crippen molar-refractivity contribution in [3.8, 4) is 11.3 Å². The summed E-state index contributed by atoms with van der Waals surface area (Å²) in [5.74, 6) is -0.0845. The molecule has 4 heteroatoms. The van der Waals surface area contributed by atoms with Crippen LogP contribution in [0.4, 0.5) is 0 Å². The Kier molecular flexibility index (Phi) is 5.33. The van der Waals surface area contributed by atoms with Gasteiger partial charge in [0.1, 0.15) is 0 Å². The largest absolute Gasteiger partial charge is 0.350 e. The summed E-state index contributed by atoms with van der Waals surface area (Å²) in [5, 5.41) is 4.94. The van der Waals surface area contributed by atoms with E-state index in [0.717, 1.165) is 22.0 Å². The predicted molar refractivity (Wildman–Crippen MR) is 107 cm³/mol. The minimum atomic E-state index is -0.0845. The molecule has 1 N–H and O–H groups in total. The van der Waals surface area contributed by atoms with Gasteiger partial charge in [-0.2, -0.15) is 0 Å². The van der Waals surface area contributed by atoms with Crippen LogP contribution in [0, 0.1) is 6.92 Å². The molecule has 1 aromatic heterocycles. The van der Waals surface area contributed by atoms with E-state index in [0.29, 0.717) is 12.1 Å². The second-order valence-electron chi connectivity index (χ2n) is 6.90. The number of rotatable bonds is 5. The molecule has 0 fully saturated rings. The van der Waals surface area contributed by atoms with Crippen LogP contribution in [-0.2, 0) is 0 Å². The van der Waals surface area contributed by atoms with Crippen LogP contribution >= 0.6 is 0 Å². The first kappa shape index (κ1) is 18.1. The Bertz CT molecular complexity index is 934. The summed E-state index contributed by atoms with van der Waals surface area (Å²) < 4.78 is 0. The molecule has 1 amide bonds. The van der Waals surface area contributed by atoms with Gasteiger partial charge in [-0.05, 0) is 38.9 Å².